The van der Waals surface area contributed by atoms with Gasteiger partial charge in [-0.15, -0.1) is 0 Å². The highest BCUT2D eigenvalue weighted by Gasteiger charge is 2.47. The van der Waals surface area contributed by atoms with Gasteiger partial charge in [-0.3, -0.25) is 9.59 Å². The van der Waals surface area contributed by atoms with E-state index < -0.39 is 67.4 Å². The van der Waals surface area contributed by atoms with Gasteiger partial charge in [0.2, 0.25) is 5.91 Å². The molecule has 0 saturated carbocycles. The van der Waals surface area contributed by atoms with Crippen molar-refractivity contribution in [1.82, 2.24) is 5.32 Å². The van der Waals surface area contributed by atoms with Crippen molar-refractivity contribution in [2.75, 3.05) is 13.2 Å². The summed E-state index contributed by atoms with van der Waals surface area (Å²) in [6.07, 6.45) is 51.5. The summed E-state index contributed by atoms with van der Waals surface area (Å²) in [5, 5.41) is 56.9. The number of amides is 1. The number of rotatable bonds is 52. The van der Waals surface area contributed by atoms with E-state index >= 15 is 0 Å². The van der Waals surface area contributed by atoms with Crippen LogP contribution in [0.15, 0.2) is 48.6 Å². The molecule has 11 heteroatoms. The number of esters is 1. The molecule has 74 heavy (non-hydrogen) atoms. The number of ether oxygens (including phenoxy) is 3. The Hall–Kier alpha value is -2.38. The molecule has 1 heterocycles. The van der Waals surface area contributed by atoms with Crippen molar-refractivity contribution in [1.29, 1.82) is 0 Å². The van der Waals surface area contributed by atoms with E-state index in [0.29, 0.717) is 12.8 Å². The normalized spacial score (nSPS) is 19.6. The van der Waals surface area contributed by atoms with Crippen molar-refractivity contribution in [2.24, 2.45) is 0 Å². The van der Waals surface area contributed by atoms with Gasteiger partial charge in [-0.25, -0.2) is 0 Å². The number of allylic oxidation sites excluding steroid dienone is 7. The van der Waals surface area contributed by atoms with Crippen LogP contribution in [0.1, 0.15) is 278 Å². The first-order chi connectivity index (χ1) is 36.2. The first-order valence-corrected chi connectivity index (χ1v) is 30.9. The maximum absolute atomic E-state index is 13.4. The van der Waals surface area contributed by atoms with Gasteiger partial charge in [0, 0.05) is 6.42 Å². The zero-order valence-electron chi connectivity index (χ0n) is 47.7. The fraction of sp³-hybridized carbons (Fsp3) is 0.841. The summed E-state index contributed by atoms with van der Waals surface area (Å²) in [5.41, 5.74) is 0. The highest BCUT2D eigenvalue weighted by atomic mass is 16.7. The number of carbonyl (C=O) groups is 2. The Labute approximate surface area is 453 Å². The quantitative estimate of drug-likeness (QED) is 0.0149. The van der Waals surface area contributed by atoms with Gasteiger partial charge in [-0.05, 0) is 44.9 Å². The van der Waals surface area contributed by atoms with Crippen LogP contribution >= 0.6 is 0 Å². The molecule has 0 aromatic heterocycles. The molecule has 1 aliphatic rings. The fourth-order valence-corrected chi connectivity index (χ4v) is 9.65. The van der Waals surface area contributed by atoms with Crippen molar-refractivity contribution < 1.29 is 49.3 Å². The van der Waals surface area contributed by atoms with Crippen molar-refractivity contribution in [3.8, 4) is 0 Å². The van der Waals surface area contributed by atoms with Crippen molar-refractivity contribution in [3.05, 3.63) is 48.6 Å². The van der Waals surface area contributed by atoms with E-state index in [1.165, 1.54) is 148 Å². The number of nitrogens with one attached hydrogen (secondary N) is 1. The van der Waals surface area contributed by atoms with Gasteiger partial charge in [0.15, 0.2) is 12.4 Å². The van der Waals surface area contributed by atoms with Crippen LogP contribution in [-0.4, -0.2) is 99.6 Å². The number of aliphatic hydroxyl groups excluding tert-OH is 5. The predicted molar refractivity (Wildman–Crippen MR) is 306 cm³/mol. The van der Waals surface area contributed by atoms with Gasteiger partial charge in [0.1, 0.15) is 24.4 Å². The molecule has 1 saturated heterocycles. The largest absolute Gasteiger partial charge is 0.454 e. The van der Waals surface area contributed by atoms with E-state index in [0.717, 1.165) is 83.5 Å². The Bertz CT molecular complexity index is 1390. The Morgan fingerprint density at radius 3 is 1.45 bits per heavy atom. The Morgan fingerprint density at radius 2 is 0.973 bits per heavy atom. The molecule has 0 aromatic rings. The van der Waals surface area contributed by atoms with Crippen molar-refractivity contribution in [3.63, 3.8) is 0 Å². The third kappa shape index (κ3) is 39.1. The van der Waals surface area contributed by atoms with Crippen molar-refractivity contribution >= 4 is 11.9 Å². The minimum atomic E-state index is -1.61. The van der Waals surface area contributed by atoms with Crippen LogP contribution in [-0.2, 0) is 23.8 Å². The summed E-state index contributed by atoms with van der Waals surface area (Å²) in [6.45, 7) is 5.67. The number of carbonyl (C=O) groups excluding carboxylic acids is 2. The Morgan fingerprint density at radius 1 is 0.541 bits per heavy atom. The minimum absolute atomic E-state index is 0.126. The molecule has 1 fully saturated rings. The minimum Gasteiger partial charge on any atom is -0.454 e. The van der Waals surface area contributed by atoms with Crippen LogP contribution in [0, 0.1) is 0 Å². The molecule has 1 aliphatic heterocycles. The van der Waals surface area contributed by atoms with Crippen LogP contribution in [0.25, 0.3) is 0 Å². The lowest BCUT2D eigenvalue weighted by Crippen LogP contribution is -2.61. The predicted octanol–water partition coefficient (Wildman–Crippen LogP) is 14.4. The van der Waals surface area contributed by atoms with E-state index in [1.807, 2.05) is 18.2 Å². The second-order valence-electron chi connectivity index (χ2n) is 21.5. The Kier molecular flexibility index (Phi) is 48.3. The van der Waals surface area contributed by atoms with Crippen LogP contribution in [0.2, 0.25) is 0 Å². The number of hydrogen-bond donors (Lipinski definition) is 6. The average molecular weight is 1050 g/mol. The van der Waals surface area contributed by atoms with E-state index in [-0.39, 0.29) is 19.4 Å². The summed E-state index contributed by atoms with van der Waals surface area (Å²) in [6, 6.07) is -1.03. The molecule has 0 bridgehead atoms. The summed E-state index contributed by atoms with van der Waals surface area (Å²) < 4.78 is 17.6. The molecule has 1 rings (SSSR count). The third-order valence-corrected chi connectivity index (χ3v) is 14.6. The molecular formula is C63H115NO10. The highest BCUT2D eigenvalue weighted by Crippen LogP contribution is 2.26. The number of aliphatic hydroxyl groups is 5. The van der Waals surface area contributed by atoms with E-state index in [1.54, 1.807) is 6.08 Å². The summed E-state index contributed by atoms with van der Waals surface area (Å²) in [4.78, 5) is 26.5. The second kappa shape index (κ2) is 51.4. The van der Waals surface area contributed by atoms with E-state index in [4.69, 9.17) is 14.2 Å². The first kappa shape index (κ1) is 69.6. The first-order valence-electron chi connectivity index (χ1n) is 30.9. The smallest absolute Gasteiger partial charge is 0.306 e. The monoisotopic (exact) mass is 1050 g/mol. The standard InChI is InChI=1S/C63H115NO10/c1-4-7-10-13-16-19-22-25-27-28-29-30-31-33-36-39-42-45-48-51-58(68)74-61-60(70)59(69)57(52-65)73-63(61)72-53-54(55(66)49-46-43-40-37-34-24-21-18-15-12-9-6-3)64-62(71)56(67)50-47-44-41-38-35-32-26-23-20-17-14-11-8-5-2/h8,11,14,17,20,23,46,49,54-57,59-61,63,65-67,69-70H,4-7,9-10,12-13,15-16,18-19,21-22,24-45,47-48,50-53H2,1-3H3,(H,64,71)/b11-8+,17-14+,23-20+,49-46+. The molecule has 6 N–H and O–H groups in total. The topological polar surface area (TPSA) is 175 Å². The van der Waals surface area contributed by atoms with Crippen molar-refractivity contribution in [2.45, 2.75) is 327 Å². The molecule has 0 aliphatic carbocycles. The van der Waals surface area contributed by atoms with Crippen LogP contribution in [0.3, 0.4) is 0 Å². The lowest BCUT2D eigenvalue weighted by Gasteiger charge is -2.41. The van der Waals surface area contributed by atoms with Crippen LogP contribution in [0.5, 0.6) is 0 Å². The highest BCUT2D eigenvalue weighted by molar-refractivity contribution is 5.80. The van der Waals surface area contributed by atoms with Crippen LogP contribution < -0.4 is 5.32 Å². The molecule has 1 amide bonds. The summed E-state index contributed by atoms with van der Waals surface area (Å²) in [7, 11) is 0. The van der Waals surface area contributed by atoms with E-state index in [9.17, 15) is 35.1 Å². The lowest BCUT2D eigenvalue weighted by molar-refractivity contribution is -0.305. The molecule has 8 atom stereocenters. The fourth-order valence-electron chi connectivity index (χ4n) is 9.65. The van der Waals surface area contributed by atoms with Gasteiger partial charge in [0.05, 0.1) is 25.4 Å². The molecule has 8 unspecified atom stereocenters. The average Bonchev–Trinajstić information content (AvgIpc) is 3.40. The Balaban J connectivity index is 2.66. The number of unbranched alkanes of at least 4 members (excludes halogenated alkanes) is 34. The maximum Gasteiger partial charge on any atom is 0.306 e. The van der Waals surface area contributed by atoms with Gasteiger partial charge in [0.25, 0.3) is 0 Å². The van der Waals surface area contributed by atoms with Crippen LogP contribution in [0.4, 0.5) is 0 Å². The van der Waals surface area contributed by atoms with Gasteiger partial charge < -0.3 is 45.1 Å². The zero-order valence-corrected chi connectivity index (χ0v) is 47.7. The molecular weight excluding hydrogens is 931 g/mol. The summed E-state index contributed by atoms with van der Waals surface area (Å²) in [5.74, 6) is -1.20. The second-order valence-corrected chi connectivity index (χ2v) is 21.5. The number of hydrogen-bond acceptors (Lipinski definition) is 10. The third-order valence-electron chi connectivity index (χ3n) is 14.6. The SMILES string of the molecule is CC/C=C/C=C/C=C/CCCCCCCCC(O)C(=O)NC(COC1OC(CO)C(O)C(O)C1OC(=O)CCCCCCCCCCCCCCCCCCCCC)C(O)/C=C/CCCCCCCCCCCC. The maximum atomic E-state index is 13.4. The van der Waals surface area contributed by atoms with Gasteiger partial charge in [-0.1, -0.05) is 275 Å². The van der Waals surface area contributed by atoms with E-state index in [2.05, 4.69) is 50.4 Å². The van der Waals surface area contributed by atoms with Gasteiger partial charge >= 0.3 is 5.97 Å². The molecule has 432 valence electrons. The zero-order chi connectivity index (χ0) is 54.0. The van der Waals surface area contributed by atoms with Gasteiger partial charge in [-0.2, -0.15) is 0 Å². The lowest BCUT2D eigenvalue weighted by atomic mass is 9.99. The molecule has 0 radical (unpaired) electrons. The molecule has 0 spiro atoms. The summed E-state index contributed by atoms with van der Waals surface area (Å²) >= 11 is 0. The molecule has 11 nitrogen and oxygen atoms in total. The molecule has 0 aromatic carbocycles.